The molecule has 0 aliphatic carbocycles. The van der Waals surface area contributed by atoms with E-state index in [1.54, 1.807) is 0 Å². The lowest BCUT2D eigenvalue weighted by Gasteiger charge is -2.19. The monoisotopic (exact) mass is 621 g/mol. The summed E-state index contributed by atoms with van der Waals surface area (Å²) in [6, 6.07) is 0. The second-order valence-electron chi connectivity index (χ2n) is 11.4. The van der Waals surface area contributed by atoms with E-state index < -0.39 is 26.5 Å². The summed E-state index contributed by atoms with van der Waals surface area (Å²) in [5, 5.41) is 0. The second-order valence-corrected chi connectivity index (χ2v) is 12.9. The van der Waals surface area contributed by atoms with Crippen LogP contribution in [0.15, 0.2) is 0 Å². The van der Waals surface area contributed by atoms with Gasteiger partial charge in [-0.25, -0.2) is 4.57 Å². The summed E-state index contributed by atoms with van der Waals surface area (Å²) in [6.45, 7) is 3.68. The van der Waals surface area contributed by atoms with Crippen LogP contribution in [-0.2, 0) is 32.7 Å². The number of esters is 2. The maximum atomic E-state index is 12.4. The molecule has 250 valence electrons. The van der Waals surface area contributed by atoms with Crippen molar-refractivity contribution in [3.8, 4) is 0 Å². The molecule has 0 heterocycles. The first-order chi connectivity index (χ1) is 20.3. The summed E-state index contributed by atoms with van der Waals surface area (Å²) in [4.78, 5) is 34.4. The Morgan fingerprint density at radius 2 is 1.02 bits per heavy atom. The molecule has 0 aliphatic rings. The molecular weight excluding hydrogens is 557 g/mol. The molecule has 0 spiro atoms. The molecular formula is C32H64NO8P. The second kappa shape index (κ2) is 30.1. The molecule has 0 aromatic heterocycles. The van der Waals surface area contributed by atoms with Gasteiger partial charge in [0.05, 0.1) is 13.2 Å². The van der Waals surface area contributed by atoms with E-state index in [-0.39, 0.29) is 38.6 Å². The molecule has 0 fully saturated rings. The van der Waals surface area contributed by atoms with E-state index >= 15 is 0 Å². The van der Waals surface area contributed by atoms with Crippen molar-refractivity contribution in [2.24, 2.45) is 5.73 Å². The van der Waals surface area contributed by atoms with Gasteiger partial charge in [0, 0.05) is 19.4 Å². The summed E-state index contributed by atoms with van der Waals surface area (Å²) in [6.07, 6.45) is 24.3. The number of nitrogens with two attached hydrogens (primary N) is 1. The predicted octanol–water partition coefficient (Wildman–Crippen LogP) is 8.55. The molecule has 0 aliphatic heterocycles. The van der Waals surface area contributed by atoms with Crippen LogP contribution in [0.5, 0.6) is 0 Å². The Bertz CT molecular complexity index is 679. The highest BCUT2D eigenvalue weighted by Gasteiger charge is 2.25. The minimum absolute atomic E-state index is 0.0573. The summed E-state index contributed by atoms with van der Waals surface area (Å²) in [5.41, 5.74) is 5.31. The maximum Gasteiger partial charge on any atom is 0.472 e. The lowest BCUT2D eigenvalue weighted by molar-refractivity contribution is -0.161. The highest BCUT2D eigenvalue weighted by molar-refractivity contribution is 7.47. The van der Waals surface area contributed by atoms with Gasteiger partial charge in [0.25, 0.3) is 0 Å². The van der Waals surface area contributed by atoms with Gasteiger partial charge in [0.15, 0.2) is 6.10 Å². The minimum atomic E-state index is -4.35. The zero-order valence-corrected chi connectivity index (χ0v) is 27.9. The van der Waals surface area contributed by atoms with E-state index in [4.69, 9.17) is 24.3 Å². The zero-order chi connectivity index (χ0) is 31.2. The van der Waals surface area contributed by atoms with Crippen molar-refractivity contribution in [1.82, 2.24) is 0 Å². The maximum absolute atomic E-state index is 12.4. The standard InChI is InChI=1S/C32H64NO8P/c1-3-5-7-9-11-12-13-14-15-16-17-19-21-23-25-32(35)41-30(29-40-42(36,37)39-27-26-33)28-38-31(34)24-22-20-18-10-8-6-4-2/h30H,3-29,33H2,1-2H3,(H,36,37)/t30-/m1/s1. The van der Waals surface area contributed by atoms with Crippen molar-refractivity contribution in [1.29, 1.82) is 0 Å². The lowest BCUT2D eigenvalue weighted by Crippen LogP contribution is -2.29. The van der Waals surface area contributed by atoms with Crippen LogP contribution in [0.4, 0.5) is 0 Å². The largest absolute Gasteiger partial charge is 0.472 e. The summed E-state index contributed by atoms with van der Waals surface area (Å²) in [5.74, 6) is -0.829. The van der Waals surface area contributed by atoms with Gasteiger partial charge < -0.3 is 20.1 Å². The van der Waals surface area contributed by atoms with Gasteiger partial charge in [-0.15, -0.1) is 0 Å². The minimum Gasteiger partial charge on any atom is -0.462 e. The topological polar surface area (TPSA) is 134 Å². The number of carbonyl (C=O) groups is 2. The molecule has 0 aromatic rings. The first-order valence-electron chi connectivity index (χ1n) is 17.0. The van der Waals surface area contributed by atoms with Crippen LogP contribution in [-0.4, -0.2) is 49.3 Å². The quantitative estimate of drug-likeness (QED) is 0.0430. The normalized spacial score (nSPS) is 13.5. The van der Waals surface area contributed by atoms with Crippen LogP contribution in [0, 0.1) is 0 Å². The highest BCUT2D eigenvalue weighted by Crippen LogP contribution is 2.43. The van der Waals surface area contributed by atoms with Crippen molar-refractivity contribution < 1.29 is 37.6 Å². The number of phosphoric acid groups is 1. The van der Waals surface area contributed by atoms with Crippen molar-refractivity contribution in [2.75, 3.05) is 26.4 Å². The average molecular weight is 622 g/mol. The third kappa shape index (κ3) is 29.1. The Morgan fingerprint density at radius 1 is 0.619 bits per heavy atom. The predicted molar refractivity (Wildman–Crippen MR) is 169 cm³/mol. The van der Waals surface area contributed by atoms with Crippen LogP contribution in [0.3, 0.4) is 0 Å². The van der Waals surface area contributed by atoms with Crippen LogP contribution in [0.25, 0.3) is 0 Å². The van der Waals surface area contributed by atoms with E-state index in [2.05, 4.69) is 13.8 Å². The molecule has 3 N–H and O–H groups in total. The fraction of sp³-hybridized carbons (Fsp3) is 0.938. The Kier molecular flexibility index (Phi) is 29.3. The molecule has 0 amide bonds. The molecule has 0 rings (SSSR count). The Hall–Kier alpha value is -0.990. The van der Waals surface area contributed by atoms with Crippen molar-refractivity contribution >= 4 is 19.8 Å². The summed E-state index contributed by atoms with van der Waals surface area (Å²) >= 11 is 0. The molecule has 0 radical (unpaired) electrons. The SMILES string of the molecule is CCCCCCCCCCCCCCCCC(=O)O[C@H](COC(=O)CCCCCCCCC)COP(=O)(O)OCCN. The molecule has 9 nitrogen and oxygen atoms in total. The fourth-order valence-corrected chi connectivity index (χ4v) is 5.46. The van der Waals surface area contributed by atoms with Gasteiger partial charge in [-0.1, -0.05) is 136 Å². The third-order valence-electron chi connectivity index (χ3n) is 7.24. The number of hydrogen-bond donors (Lipinski definition) is 2. The first-order valence-corrected chi connectivity index (χ1v) is 18.5. The van der Waals surface area contributed by atoms with E-state index in [9.17, 15) is 19.0 Å². The Labute approximate surface area is 257 Å². The van der Waals surface area contributed by atoms with E-state index in [1.165, 1.54) is 96.3 Å². The molecule has 0 bridgehead atoms. The highest BCUT2D eigenvalue weighted by atomic mass is 31.2. The van der Waals surface area contributed by atoms with Crippen LogP contribution >= 0.6 is 7.82 Å². The van der Waals surface area contributed by atoms with Gasteiger partial charge in [-0.2, -0.15) is 0 Å². The number of rotatable bonds is 32. The molecule has 0 saturated heterocycles. The average Bonchev–Trinajstić information content (AvgIpc) is 2.97. The number of carbonyl (C=O) groups excluding carboxylic acids is 2. The first kappa shape index (κ1) is 41.0. The number of ether oxygens (including phenoxy) is 2. The number of phosphoric ester groups is 1. The molecule has 10 heteroatoms. The molecule has 2 atom stereocenters. The van der Waals surface area contributed by atoms with E-state index in [0.29, 0.717) is 6.42 Å². The van der Waals surface area contributed by atoms with Gasteiger partial charge >= 0.3 is 19.8 Å². The molecule has 0 aromatic carbocycles. The van der Waals surface area contributed by atoms with Gasteiger partial charge in [-0.3, -0.25) is 18.6 Å². The number of hydrogen-bond acceptors (Lipinski definition) is 8. The number of unbranched alkanes of at least 4 members (excludes halogenated alkanes) is 19. The molecule has 42 heavy (non-hydrogen) atoms. The summed E-state index contributed by atoms with van der Waals surface area (Å²) in [7, 11) is -4.35. The third-order valence-corrected chi connectivity index (χ3v) is 8.23. The van der Waals surface area contributed by atoms with Crippen LogP contribution < -0.4 is 5.73 Å². The van der Waals surface area contributed by atoms with Crippen molar-refractivity contribution in [2.45, 2.75) is 168 Å². The van der Waals surface area contributed by atoms with E-state index in [0.717, 1.165) is 32.1 Å². The van der Waals surface area contributed by atoms with Crippen LogP contribution in [0.1, 0.15) is 162 Å². The van der Waals surface area contributed by atoms with Crippen molar-refractivity contribution in [3.05, 3.63) is 0 Å². The van der Waals surface area contributed by atoms with Crippen molar-refractivity contribution in [3.63, 3.8) is 0 Å². The Morgan fingerprint density at radius 3 is 1.45 bits per heavy atom. The lowest BCUT2D eigenvalue weighted by atomic mass is 10.0. The summed E-state index contributed by atoms with van der Waals surface area (Å²) < 4.78 is 32.4. The smallest absolute Gasteiger partial charge is 0.462 e. The van der Waals surface area contributed by atoms with Gasteiger partial charge in [0.1, 0.15) is 6.61 Å². The molecule has 0 saturated carbocycles. The van der Waals surface area contributed by atoms with Gasteiger partial charge in [0.2, 0.25) is 0 Å². The molecule has 1 unspecified atom stereocenters. The van der Waals surface area contributed by atoms with E-state index in [1.807, 2.05) is 0 Å². The van der Waals surface area contributed by atoms with Crippen LogP contribution in [0.2, 0.25) is 0 Å². The van der Waals surface area contributed by atoms with Gasteiger partial charge in [-0.05, 0) is 12.8 Å². The fourth-order valence-electron chi connectivity index (χ4n) is 4.69. The Balaban J connectivity index is 4.21. The zero-order valence-electron chi connectivity index (χ0n) is 27.0.